The van der Waals surface area contributed by atoms with Crippen LogP contribution in [0.4, 0.5) is 0 Å². The number of phenolic OH excluding ortho intramolecular Hbond substituents is 1. The van der Waals surface area contributed by atoms with Gasteiger partial charge in [0.2, 0.25) is 0 Å². The first kappa shape index (κ1) is 20.7. The molecule has 1 aliphatic carbocycles. The molecular weight excluding hydrogens is 376 g/mol. The molecule has 154 valence electrons. The van der Waals surface area contributed by atoms with Gasteiger partial charge in [-0.3, -0.25) is 4.79 Å². The molecule has 3 rings (SSSR count). The second-order valence-electron chi connectivity index (χ2n) is 7.25. The Bertz CT molecular complexity index is 950. The number of aryl methyl sites for hydroxylation is 1. The molecule has 1 aromatic rings. The number of aromatic hydroxyl groups is 1. The maximum Gasteiger partial charge on any atom is 0.342 e. The smallest absolute Gasteiger partial charge is 0.342 e. The van der Waals surface area contributed by atoms with Gasteiger partial charge in [0, 0.05) is 18.1 Å². The van der Waals surface area contributed by atoms with Gasteiger partial charge in [-0.1, -0.05) is 6.08 Å². The van der Waals surface area contributed by atoms with E-state index in [1.807, 2.05) is 13.0 Å². The highest BCUT2D eigenvalue weighted by Gasteiger charge is 2.48. The molecule has 0 radical (unpaired) electrons. The number of methoxy groups -OCH3 is 1. The Balaban J connectivity index is 1.93. The van der Waals surface area contributed by atoms with Gasteiger partial charge in [0.1, 0.15) is 35.5 Å². The van der Waals surface area contributed by atoms with Gasteiger partial charge in [-0.15, -0.1) is 0 Å². The van der Waals surface area contributed by atoms with Gasteiger partial charge in [0.15, 0.2) is 11.4 Å². The van der Waals surface area contributed by atoms with Crippen molar-refractivity contribution in [3.63, 3.8) is 0 Å². The number of esters is 1. The third kappa shape index (κ3) is 3.78. The third-order valence-corrected chi connectivity index (χ3v) is 5.14. The fourth-order valence-electron chi connectivity index (χ4n) is 3.56. The molecule has 0 saturated heterocycles. The van der Waals surface area contributed by atoms with Crippen LogP contribution in [0.25, 0.3) is 0 Å². The summed E-state index contributed by atoms with van der Waals surface area (Å²) in [5.74, 6) is -0.570. The number of allylic oxidation sites excluding steroid dienone is 3. The van der Waals surface area contributed by atoms with Gasteiger partial charge in [0.25, 0.3) is 0 Å². The first-order chi connectivity index (χ1) is 13.7. The maximum atomic E-state index is 12.9. The Hall–Kier alpha value is -3.06. The largest absolute Gasteiger partial charge is 0.508 e. The molecule has 0 fully saturated rings. The van der Waals surface area contributed by atoms with Crippen LogP contribution in [-0.4, -0.2) is 47.4 Å². The van der Waals surface area contributed by atoms with Crippen molar-refractivity contribution in [2.24, 2.45) is 0 Å². The second kappa shape index (κ2) is 7.75. The predicted octanol–water partition coefficient (Wildman–Crippen LogP) is 2.75. The number of hydrogen-bond acceptors (Lipinski definition) is 7. The van der Waals surface area contributed by atoms with Gasteiger partial charge in [-0.05, 0) is 50.1 Å². The quantitative estimate of drug-likeness (QED) is 0.749. The minimum absolute atomic E-state index is 0.0469. The number of hydrogen-bond donors (Lipinski definition) is 2. The number of rotatable bonds is 4. The van der Waals surface area contributed by atoms with E-state index in [0.29, 0.717) is 22.5 Å². The van der Waals surface area contributed by atoms with E-state index in [-0.39, 0.29) is 30.1 Å². The number of aliphatic hydroxyl groups is 1. The van der Waals surface area contributed by atoms with Crippen LogP contribution >= 0.6 is 0 Å². The molecule has 1 heterocycles. The zero-order valence-electron chi connectivity index (χ0n) is 16.8. The number of ketones is 1. The normalized spacial score (nSPS) is 24.1. The van der Waals surface area contributed by atoms with Gasteiger partial charge < -0.3 is 24.4 Å². The van der Waals surface area contributed by atoms with Crippen molar-refractivity contribution >= 4 is 11.8 Å². The summed E-state index contributed by atoms with van der Waals surface area (Å²) in [7, 11) is 1.37. The fraction of sp³-hybridized carbons (Fsp3) is 0.364. The van der Waals surface area contributed by atoms with E-state index in [2.05, 4.69) is 0 Å². The van der Waals surface area contributed by atoms with Crippen LogP contribution < -0.4 is 4.74 Å². The van der Waals surface area contributed by atoms with Gasteiger partial charge in [-0.25, -0.2) is 4.79 Å². The van der Waals surface area contributed by atoms with Gasteiger partial charge in [-0.2, -0.15) is 0 Å². The van der Waals surface area contributed by atoms with E-state index in [4.69, 9.17) is 14.2 Å². The third-order valence-electron chi connectivity index (χ3n) is 5.14. The van der Waals surface area contributed by atoms with Crippen LogP contribution in [0.2, 0.25) is 0 Å². The van der Waals surface area contributed by atoms with E-state index in [0.717, 1.165) is 0 Å². The molecule has 0 aromatic heterocycles. The summed E-state index contributed by atoms with van der Waals surface area (Å²) in [6.45, 7) is 4.88. The van der Waals surface area contributed by atoms with Crippen LogP contribution in [0.1, 0.15) is 36.2 Å². The summed E-state index contributed by atoms with van der Waals surface area (Å²) in [6.07, 6.45) is 4.39. The number of carbonyl (C=O) groups is 2. The number of ether oxygens (including phenoxy) is 3. The van der Waals surface area contributed by atoms with Crippen molar-refractivity contribution in [3.05, 3.63) is 58.4 Å². The van der Waals surface area contributed by atoms with Gasteiger partial charge >= 0.3 is 5.97 Å². The zero-order chi connectivity index (χ0) is 21.3. The topological polar surface area (TPSA) is 102 Å². The first-order valence-electron chi connectivity index (χ1n) is 9.24. The monoisotopic (exact) mass is 400 g/mol. The van der Waals surface area contributed by atoms with Gasteiger partial charge in [0.05, 0.1) is 7.11 Å². The van der Waals surface area contributed by atoms with E-state index >= 15 is 0 Å². The molecule has 0 bridgehead atoms. The van der Waals surface area contributed by atoms with Crippen molar-refractivity contribution < 1.29 is 34.0 Å². The average Bonchev–Trinajstić information content (AvgIpc) is 2.65. The van der Waals surface area contributed by atoms with E-state index in [1.54, 1.807) is 19.1 Å². The number of Topliss-reactive ketones (excluding diaryl/α,β-unsaturated/α-hetero) is 1. The Labute approximate surface area is 168 Å². The molecule has 7 heteroatoms. The van der Waals surface area contributed by atoms with Crippen LogP contribution in [-0.2, 0) is 14.3 Å². The highest BCUT2D eigenvalue weighted by atomic mass is 16.6. The first-order valence-corrected chi connectivity index (χ1v) is 9.24. The molecule has 2 N–H and O–H groups in total. The molecule has 2 aliphatic rings. The maximum absolute atomic E-state index is 12.9. The molecule has 29 heavy (non-hydrogen) atoms. The lowest BCUT2D eigenvalue weighted by molar-refractivity contribution is -0.146. The molecule has 0 unspecified atom stereocenters. The molecule has 1 aromatic carbocycles. The summed E-state index contributed by atoms with van der Waals surface area (Å²) in [4.78, 5) is 25.7. The van der Waals surface area contributed by atoms with Crippen LogP contribution in [0.15, 0.2) is 47.3 Å². The van der Waals surface area contributed by atoms with Crippen LogP contribution in [0, 0.1) is 6.92 Å². The Morgan fingerprint density at radius 1 is 1.38 bits per heavy atom. The molecular formula is C22H24O7. The average molecular weight is 400 g/mol. The van der Waals surface area contributed by atoms with E-state index in [9.17, 15) is 19.8 Å². The SMILES string of the molecule is C/C=C/C1=CC2=C(CO1)C(=O)[C@@](C)(O)[C@@H](OC(=O)c1c(C)cc(O)cc1OC)C2. The number of benzene rings is 1. The molecule has 0 saturated carbocycles. The van der Waals surface area contributed by atoms with Crippen LogP contribution in [0.5, 0.6) is 11.5 Å². The fourth-order valence-corrected chi connectivity index (χ4v) is 3.56. The summed E-state index contributed by atoms with van der Waals surface area (Å²) in [5.41, 5.74) is -0.246. The summed E-state index contributed by atoms with van der Waals surface area (Å²) < 4.78 is 16.3. The summed E-state index contributed by atoms with van der Waals surface area (Å²) >= 11 is 0. The predicted molar refractivity (Wildman–Crippen MR) is 105 cm³/mol. The number of carbonyl (C=O) groups excluding carboxylic acids is 2. The lowest BCUT2D eigenvalue weighted by Crippen LogP contribution is -2.53. The molecule has 0 spiro atoms. The van der Waals surface area contributed by atoms with Crippen LogP contribution in [0.3, 0.4) is 0 Å². The Morgan fingerprint density at radius 3 is 2.76 bits per heavy atom. The lowest BCUT2D eigenvalue weighted by Gasteiger charge is -2.38. The highest BCUT2D eigenvalue weighted by Crippen LogP contribution is 2.37. The highest BCUT2D eigenvalue weighted by molar-refractivity contribution is 6.05. The molecule has 2 atom stereocenters. The summed E-state index contributed by atoms with van der Waals surface area (Å²) in [5, 5.41) is 20.5. The molecule has 1 aliphatic heterocycles. The standard InChI is InChI=1S/C22H24O7/c1-5-6-15-8-13-9-18(22(3,26)20(24)16(13)11-28-15)29-21(25)19-12(2)7-14(23)10-17(19)27-4/h5-8,10,18,23,26H,9,11H2,1-4H3/b6-5+/t18-,22-/m0/s1. The Kier molecular flexibility index (Phi) is 5.53. The summed E-state index contributed by atoms with van der Waals surface area (Å²) in [6, 6.07) is 2.72. The van der Waals surface area contributed by atoms with Crippen molar-refractivity contribution in [2.45, 2.75) is 38.9 Å². The van der Waals surface area contributed by atoms with E-state index < -0.39 is 23.5 Å². The molecule has 0 amide bonds. The molecule has 7 nitrogen and oxygen atoms in total. The zero-order valence-corrected chi connectivity index (χ0v) is 16.8. The Morgan fingerprint density at radius 2 is 2.10 bits per heavy atom. The minimum atomic E-state index is -1.89. The number of phenols is 1. The van der Waals surface area contributed by atoms with E-state index in [1.165, 1.54) is 26.2 Å². The van der Waals surface area contributed by atoms with Crippen molar-refractivity contribution in [2.75, 3.05) is 13.7 Å². The van der Waals surface area contributed by atoms with Crippen molar-refractivity contribution in [3.8, 4) is 11.5 Å². The minimum Gasteiger partial charge on any atom is -0.508 e. The lowest BCUT2D eigenvalue weighted by atomic mass is 9.77. The van der Waals surface area contributed by atoms with Crippen molar-refractivity contribution in [1.29, 1.82) is 0 Å². The van der Waals surface area contributed by atoms with Crippen molar-refractivity contribution in [1.82, 2.24) is 0 Å². The second-order valence-corrected chi connectivity index (χ2v) is 7.25.